The first kappa shape index (κ1) is 14.6. The second-order valence-electron chi connectivity index (χ2n) is 5.09. The molecule has 1 saturated heterocycles. The minimum atomic E-state index is -0.291. The van der Waals surface area contributed by atoms with Crippen molar-refractivity contribution in [1.82, 2.24) is 4.90 Å². The monoisotopic (exact) mass is 286 g/mol. The molecule has 19 heavy (non-hydrogen) atoms. The number of anilines is 1. The molecule has 1 N–H and O–H groups in total. The Labute approximate surface area is 118 Å². The van der Waals surface area contributed by atoms with Gasteiger partial charge in [-0.3, -0.25) is 4.90 Å². The number of morpholine rings is 1. The second-order valence-corrected chi connectivity index (χ2v) is 5.52. The van der Waals surface area contributed by atoms with E-state index in [1.54, 1.807) is 12.1 Å². The van der Waals surface area contributed by atoms with Crippen molar-refractivity contribution in [3.8, 4) is 0 Å². The standard InChI is InChI=1S/C14H20ClFN2O/c1-10(2)18-5-6-19-12(9-18)8-17-14-7-11(15)3-4-13(14)16/h3-4,7,10,12,17H,5-6,8-9H2,1-2H3. The van der Waals surface area contributed by atoms with Gasteiger partial charge in [-0.25, -0.2) is 4.39 Å². The Morgan fingerprint density at radius 3 is 3.05 bits per heavy atom. The smallest absolute Gasteiger partial charge is 0.146 e. The van der Waals surface area contributed by atoms with Crippen LogP contribution in [-0.2, 0) is 4.74 Å². The Morgan fingerprint density at radius 1 is 1.53 bits per heavy atom. The van der Waals surface area contributed by atoms with E-state index in [9.17, 15) is 4.39 Å². The molecule has 1 aliphatic heterocycles. The molecule has 1 aliphatic rings. The van der Waals surface area contributed by atoms with E-state index in [1.165, 1.54) is 6.07 Å². The van der Waals surface area contributed by atoms with E-state index in [-0.39, 0.29) is 11.9 Å². The Balaban J connectivity index is 1.89. The van der Waals surface area contributed by atoms with Gasteiger partial charge in [-0.15, -0.1) is 0 Å². The molecule has 106 valence electrons. The van der Waals surface area contributed by atoms with Crippen molar-refractivity contribution in [2.24, 2.45) is 0 Å². The highest BCUT2D eigenvalue weighted by Gasteiger charge is 2.22. The lowest BCUT2D eigenvalue weighted by molar-refractivity contribution is -0.0315. The third-order valence-electron chi connectivity index (χ3n) is 3.35. The summed E-state index contributed by atoms with van der Waals surface area (Å²) in [4.78, 5) is 2.37. The average Bonchev–Trinajstić information content (AvgIpc) is 2.40. The number of halogens is 2. The van der Waals surface area contributed by atoms with Crippen LogP contribution in [0.5, 0.6) is 0 Å². The van der Waals surface area contributed by atoms with Crippen LogP contribution in [0.1, 0.15) is 13.8 Å². The molecule has 1 heterocycles. The summed E-state index contributed by atoms with van der Waals surface area (Å²) in [7, 11) is 0. The van der Waals surface area contributed by atoms with Gasteiger partial charge in [-0.05, 0) is 32.0 Å². The lowest BCUT2D eigenvalue weighted by Crippen LogP contribution is -2.48. The molecule has 5 heteroatoms. The molecular weight excluding hydrogens is 267 g/mol. The fourth-order valence-corrected chi connectivity index (χ4v) is 2.36. The van der Waals surface area contributed by atoms with Crippen molar-refractivity contribution in [3.63, 3.8) is 0 Å². The number of benzene rings is 1. The van der Waals surface area contributed by atoms with Crippen molar-refractivity contribution in [3.05, 3.63) is 29.0 Å². The molecule has 0 aromatic heterocycles. The second kappa shape index (κ2) is 6.55. The van der Waals surface area contributed by atoms with Crippen molar-refractivity contribution >= 4 is 17.3 Å². The molecular formula is C14H20ClFN2O. The van der Waals surface area contributed by atoms with E-state index < -0.39 is 0 Å². The Kier molecular flexibility index (Phi) is 5.02. The summed E-state index contributed by atoms with van der Waals surface area (Å²) >= 11 is 5.86. The third kappa shape index (κ3) is 4.06. The summed E-state index contributed by atoms with van der Waals surface area (Å²) in [6, 6.07) is 5.01. The molecule has 0 spiro atoms. The van der Waals surface area contributed by atoms with Crippen LogP contribution >= 0.6 is 11.6 Å². The number of hydrogen-bond acceptors (Lipinski definition) is 3. The van der Waals surface area contributed by atoms with Gasteiger partial charge in [-0.1, -0.05) is 11.6 Å². The number of nitrogens with one attached hydrogen (secondary N) is 1. The maximum atomic E-state index is 13.6. The fraction of sp³-hybridized carbons (Fsp3) is 0.571. The normalized spacial score (nSPS) is 20.8. The molecule has 1 atom stereocenters. The van der Waals surface area contributed by atoms with Crippen LogP contribution < -0.4 is 5.32 Å². The van der Waals surface area contributed by atoms with Gasteiger partial charge < -0.3 is 10.1 Å². The predicted octanol–water partition coefficient (Wildman–Crippen LogP) is 3.00. The minimum absolute atomic E-state index is 0.0783. The third-order valence-corrected chi connectivity index (χ3v) is 3.58. The molecule has 1 aromatic rings. The van der Waals surface area contributed by atoms with Crippen molar-refractivity contribution in [2.45, 2.75) is 26.0 Å². The zero-order valence-corrected chi connectivity index (χ0v) is 12.1. The van der Waals surface area contributed by atoms with Gasteiger partial charge in [0.05, 0.1) is 18.4 Å². The van der Waals surface area contributed by atoms with E-state index in [0.717, 1.165) is 19.7 Å². The fourth-order valence-electron chi connectivity index (χ4n) is 2.19. The van der Waals surface area contributed by atoms with Crippen LogP contribution in [0.3, 0.4) is 0 Å². The van der Waals surface area contributed by atoms with E-state index in [4.69, 9.17) is 16.3 Å². The molecule has 0 amide bonds. The molecule has 0 aliphatic carbocycles. The van der Waals surface area contributed by atoms with Gasteiger partial charge in [0.2, 0.25) is 0 Å². The quantitative estimate of drug-likeness (QED) is 0.921. The number of ether oxygens (including phenoxy) is 1. The van der Waals surface area contributed by atoms with Crippen LogP contribution in [0, 0.1) is 5.82 Å². The van der Waals surface area contributed by atoms with Crippen LogP contribution in [0.4, 0.5) is 10.1 Å². The molecule has 1 aromatic carbocycles. The van der Waals surface area contributed by atoms with Crippen LogP contribution in [0.15, 0.2) is 18.2 Å². The summed E-state index contributed by atoms with van der Waals surface area (Å²) in [5, 5.41) is 3.60. The zero-order valence-electron chi connectivity index (χ0n) is 11.3. The van der Waals surface area contributed by atoms with E-state index in [0.29, 0.717) is 23.3 Å². The topological polar surface area (TPSA) is 24.5 Å². The molecule has 0 saturated carbocycles. The van der Waals surface area contributed by atoms with Gasteiger partial charge in [0.15, 0.2) is 0 Å². The summed E-state index contributed by atoms with van der Waals surface area (Å²) in [5.74, 6) is -0.291. The van der Waals surface area contributed by atoms with Crippen molar-refractivity contribution in [1.29, 1.82) is 0 Å². The van der Waals surface area contributed by atoms with Gasteiger partial charge in [0.1, 0.15) is 5.82 Å². The van der Waals surface area contributed by atoms with E-state index >= 15 is 0 Å². The maximum absolute atomic E-state index is 13.6. The highest BCUT2D eigenvalue weighted by Crippen LogP contribution is 2.20. The largest absolute Gasteiger partial charge is 0.380 e. The zero-order chi connectivity index (χ0) is 13.8. The van der Waals surface area contributed by atoms with Crippen molar-refractivity contribution in [2.75, 3.05) is 31.6 Å². The maximum Gasteiger partial charge on any atom is 0.146 e. The SMILES string of the molecule is CC(C)N1CCOC(CNc2cc(Cl)ccc2F)C1. The minimum Gasteiger partial charge on any atom is -0.380 e. The number of nitrogens with zero attached hydrogens (tertiary/aromatic N) is 1. The summed E-state index contributed by atoms with van der Waals surface area (Å²) in [5.41, 5.74) is 0.428. The van der Waals surface area contributed by atoms with Gasteiger partial charge in [0, 0.05) is 30.7 Å². The van der Waals surface area contributed by atoms with E-state index in [2.05, 4.69) is 24.1 Å². The van der Waals surface area contributed by atoms with Crippen LogP contribution in [0.25, 0.3) is 0 Å². The van der Waals surface area contributed by atoms with E-state index in [1.807, 2.05) is 0 Å². The van der Waals surface area contributed by atoms with Gasteiger partial charge in [0.25, 0.3) is 0 Å². The summed E-state index contributed by atoms with van der Waals surface area (Å²) < 4.78 is 19.2. The first-order valence-electron chi connectivity index (χ1n) is 6.61. The Bertz CT molecular complexity index is 428. The Morgan fingerprint density at radius 2 is 2.32 bits per heavy atom. The van der Waals surface area contributed by atoms with Crippen LogP contribution in [-0.4, -0.2) is 43.3 Å². The highest BCUT2D eigenvalue weighted by atomic mass is 35.5. The first-order valence-corrected chi connectivity index (χ1v) is 6.98. The molecule has 0 bridgehead atoms. The first-order chi connectivity index (χ1) is 9.06. The molecule has 3 nitrogen and oxygen atoms in total. The van der Waals surface area contributed by atoms with Gasteiger partial charge >= 0.3 is 0 Å². The molecule has 1 fully saturated rings. The predicted molar refractivity (Wildman–Crippen MR) is 76.3 cm³/mol. The lowest BCUT2D eigenvalue weighted by Gasteiger charge is -2.35. The molecule has 1 unspecified atom stereocenters. The molecule has 2 rings (SSSR count). The van der Waals surface area contributed by atoms with Gasteiger partial charge in [-0.2, -0.15) is 0 Å². The lowest BCUT2D eigenvalue weighted by atomic mass is 10.2. The molecule has 0 radical (unpaired) electrons. The van der Waals surface area contributed by atoms with Crippen molar-refractivity contribution < 1.29 is 9.13 Å². The summed E-state index contributed by atoms with van der Waals surface area (Å²) in [6.45, 7) is 7.48. The average molecular weight is 287 g/mol. The van der Waals surface area contributed by atoms with Crippen LogP contribution in [0.2, 0.25) is 5.02 Å². The highest BCUT2D eigenvalue weighted by molar-refractivity contribution is 6.30. The Hall–Kier alpha value is -0.840. The number of hydrogen-bond donors (Lipinski definition) is 1. The summed E-state index contributed by atoms with van der Waals surface area (Å²) in [6.07, 6.45) is 0.0783. The number of rotatable bonds is 4.